The van der Waals surface area contributed by atoms with Crippen LogP contribution in [0.2, 0.25) is 0 Å². The topological polar surface area (TPSA) is 38.8 Å². The van der Waals surface area contributed by atoms with Crippen LogP contribution in [-0.4, -0.2) is 17.3 Å². The summed E-state index contributed by atoms with van der Waals surface area (Å²) in [5.41, 5.74) is 6.13. The molecule has 4 nitrogen and oxygen atoms in total. The first-order valence-electron chi connectivity index (χ1n) is 10.6. The number of thioether (sulfide) groups is 1. The molecule has 1 fully saturated rings. The lowest BCUT2D eigenvalue weighted by molar-refractivity contribution is -0.113. The monoisotopic (exact) mass is 475 g/mol. The molecule has 0 unspecified atom stereocenters. The van der Waals surface area contributed by atoms with Crippen molar-refractivity contribution in [3.8, 4) is 11.5 Å². The Bertz CT molecular complexity index is 1250. The number of benzene rings is 3. The van der Waals surface area contributed by atoms with Crippen molar-refractivity contribution in [2.45, 2.75) is 27.4 Å². The Hall–Kier alpha value is -3.09. The van der Waals surface area contributed by atoms with Crippen LogP contribution in [0.4, 0.5) is 5.69 Å². The third-order valence-electron chi connectivity index (χ3n) is 5.39. The van der Waals surface area contributed by atoms with Gasteiger partial charge in [-0.2, -0.15) is 0 Å². The van der Waals surface area contributed by atoms with Crippen LogP contribution >= 0.6 is 24.0 Å². The van der Waals surface area contributed by atoms with E-state index in [-0.39, 0.29) is 5.91 Å². The van der Waals surface area contributed by atoms with Gasteiger partial charge in [0.1, 0.15) is 6.61 Å². The minimum atomic E-state index is -0.115. The molecule has 0 aromatic heterocycles. The number of ether oxygens (including phenoxy) is 2. The summed E-state index contributed by atoms with van der Waals surface area (Å²) in [5.74, 6) is 1.15. The average Bonchev–Trinajstić information content (AvgIpc) is 3.06. The first-order valence-corrected chi connectivity index (χ1v) is 11.8. The number of anilines is 1. The Kier molecular flexibility index (Phi) is 6.86. The summed E-state index contributed by atoms with van der Waals surface area (Å²) in [5, 5.41) is 0. The highest BCUT2D eigenvalue weighted by atomic mass is 32.2. The van der Waals surface area contributed by atoms with E-state index >= 15 is 0 Å². The van der Waals surface area contributed by atoms with Gasteiger partial charge in [-0.05, 0) is 61.7 Å². The van der Waals surface area contributed by atoms with Crippen molar-refractivity contribution in [1.29, 1.82) is 0 Å². The number of amides is 1. The Labute approximate surface area is 204 Å². The second kappa shape index (κ2) is 9.81. The van der Waals surface area contributed by atoms with Gasteiger partial charge in [0.05, 0.1) is 17.7 Å². The molecule has 0 spiro atoms. The van der Waals surface area contributed by atoms with Crippen molar-refractivity contribution >= 4 is 46.0 Å². The second-order valence-corrected chi connectivity index (χ2v) is 9.67. The van der Waals surface area contributed by atoms with Crippen LogP contribution in [0.3, 0.4) is 0 Å². The summed E-state index contributed by atoms with van der Waals surface area (Å²) in [6.07, 6.45) is 1.84. The van der Waals surface area contributed by atoms with Crippen LogP contribution < -0.4 is 14.4 Å². The molecule has 168 valence electrons. The molecule has 0 aliphatic carbocycles. The molecule has 3 aromatic rings. The van der Waals surface area contributed by atoms with E-state index in [9.17, 15) is 4.79 Å². The van der Waals surface area contributed by atoms with Crippen LogP contribution in [0, 0.1) is 20.8 Å². The molecule has 1 heterocycles. The molecule has 0 atom stereocenters. The van der Waals surface area contributed by atoms with Gasteiger partial charge in [-0.15, -0.1) is 0 Å². The van der Waals surface area contributed by atoms with Gasteiger partial charge < -0.3 is 9.47 Å². The standard InChI is InChI=1S/C27H25NO3S2/c1-17-5-8-20(9-6-17)16-31-23-12-10-21(14-24(23)30-4)15-25-26(29)28(27(32)33-25)22-11-7-18(2)13-19(22)3/h5-15H,16H2,1-4H3/b25-15-. The minimum Gasteiger partial charge on any atom is -0.493 e. The van der Waals surface area contributed by atoms with Crippen molar-refractivity contribution in [1.82, 2.24) is 0 Å². The highest BCUT2D eigenvalue weighted by Gasteiger charge is 2.34. The number of carbonyl (C=O) groups excluding carboxylic acids is 1. The highest BCUT2D eigenvalue weighted by Crippen LogP contribution is 2.38. The van der Waals surface area contributed by atoms with Gasteiger partial charge >= 0.3 is 0 Å². The fraction of sp³-hybridized carbons (Fsp3) is 0.185. The van der Waals surface area contributed by atoms with Gasteiger partial charge in [0.15, 0.2) is 15.8 Å². The van der Waals surface area contributed by atoms with Crippen LogP contribution in [0.1, 0.15) is 27.8 Å². The molecule has 0 saturated carbocycles. The molecule has 6 heteroatoms. The molecule has 1 amide bonds. The van der Waals surface area contributed by atoms with E-state index in [0.717, 1.165) is 27.9 Å². The normalized spacial score (nSPS) is 14.8. The summed E-state index contributed by atoms with van der Waals surface area (Å²) >= 11 is 6.83. The van der Waals surface area contributed by atoms with Gasteiger partial charge in [-0.1, -0.05) is 77.6 Å². The first kappa shape index (κ1) is 23.1. The third kappa shape index (κ3) is 5.13. The molecule has 1 saturated heterocycles. The summed E-state index contributed by atoms with van der Waals surface area (Å²) in [6, 6.07) is 19.9. The maximum Gasteiger partial charge on any atom is 0.270 e. The van der Waals surface area contributed by atoms with Crippen molar-refractivity contribution in [2.75, 3.05) is 12.0 Å². The molecule has 3 aromatic carbocycles. The van der Waals surface area contributed by atoms with Crippen molar-refractivity contribution in [3.63, 3.8) is 0 Å². The number of hydrogen-bond donors (Lipinski definition) is 0. The quantitative estimate of drug-likeness (QED) is 0.296. The number of carbonyl (C=O) groups is 1. The van der Waals surface area contributed by atoms with Crippen LogP contribution in [0.15, 0.2) is 65.6 Å². The van der Waals surface area contributed by atoms with E-state index in [0.29, 0.717) is 27.3 Å². The smallest absolute Gasteiger partial charge is 0.270 e. The molecule has 0 bridgehead atoms. The zero-order valence-electron chi connectivity index (χ0n) is 19.0. The van der Waals surface area contributed by atoms with E-state index < -0.39 is 0 Å². The molecular formula is C27H25NO3S2. The van der Waals surface area contributed by atoms with Gasteiger partial charge in [-0.25, -0.2) is 0 Å². The maximum atomic E-state index is 13.2. The Morgan fingerprint density at radius 2 is 1.67 bits per heavy atom. The lowest BCUT2D eigenvalue weighted by atomic mass is 10.1. The number of hydrogen-bond acceptors (Lipinski definition) is 5. The van der Waals surface area contributed by atoms with Crippen LogP contribution in [-0.2, 0) is 11.4 Å². The van der Waals surface area contributed by atoms with Gasteiger partial charge in [0, 0.05) is 0 Å². The van der Waals surface area contributed by atoms with E-state index in [2.05, 4.69) is 25.1 Å². The van der Waals surface area contributed by atoms with Crippen molar-refractivity contribution < 1.29 is 14.3 Å². The van der Waals surface area contributed by atoms with E-state index in [1.165, 1.54) is 17.3 Å². The number of methoxy groups -OCH3 is 1. The molecule has 33 heavy (non-hydrogen) atoms. The molecule has 0 N–H and O–H groups in total. The van der Waals surface area contributed by atoms with Gasteiger partial charge in [0.2, 0.25) is 0 Å². The zero-order valence-corrected chi connectivity index (χ0v) is 20.7. The highest BCUT2D eigenvalue weighted by molar-refractivity contribution is 8.27. The summed E-state index contributed by atoms with van der Waals surface area (Å²) in [4.78, 5) is 15.3. The fourth-order valence-electron chi connectivity index (χ4n) is 3.62. The molecule has 0 radical (unpaired) electrons. The Balaban J connectivity index is 1.54. The average molecular weight is 476 g/mol. The largest absolute Gasteiger partial charge is 0.493 e. The maximum absolute atomic E-state index is 13.2. The number of thiocarbonyl (C=S) groups is 1. The minimum absolute atomic E-state index is 0.115. The molecular weight excluding hydrogens is 450 g/mol. The van der Waals surface area contributed by atoms with E-state index in [1.54, 1.807) is 12.0 Å². The number of nitrogens with zero attached hydrogens (tertiary/aromatic N) is 1. The molecule has 1 aliphatic heterocycles. The zero-order chi connectivity index (χ0) is 23.5. The van der Waals surface area contributed by atoms with Crippen molar-refractivity contribution in [3.05, 3.63) is 93.4 Å². The van der Waals surface area contributed by atoms with Gasteiger partial charge in [0.25, 0.3) is 5.91 Å². The predicted molar refractivity (Wildman–Crippen MR) is 140 cm³/mol. The third-order valence-corrected chi connectivity index (χ3v) is 6.69. The second-order valence-electron chi connectivity index (χ2n) is 7.99. The predicted octanol–water partition coefficient (Wildman–Crippen LogP) is 6.61. The lowest BCUT2D eigenvalue weighted by Gasteiger charge is -2.17. The lowest BCUT2D eigenvalue weighted by Crippen LogP contribution is -2.28. The van der Waals surface area contributed by atoms with E-state index in [1.807, 2.05) is 62.4 Å². The summed E-state index contributed by atoms with van der Waals surface area (Å²) in [7, 11) is 1.61. The molecule has 4 rings (SSSR count). The van der Waals surface area contributed by atoms with Crippen molar-refractivity contribution in [2.24, 2.45) is 0 Å². The Morgan fingerprint density at radius 1 is 0.939 bits per heavy atom. The molecule has 1 aliphatic rings. The van der Waals surface area contributed by atoms with E-state index in [4.69, 9.17) is 21.7 Å². The first-order chi connectivity index (χ1) is 15.9. The van der Waals surface area contributed by atoms with Crippen LogP contribution in [0.5, 0.6) is 11.5 Å². The Morgan fingerprint density at radius 3 is 2.36 bits per heavy atom. The fourth-order valence-corrected chi connectivity index (χ4v) is 4.91. The summed E-state index contributed by atoms with van der Waals surface area (Å²) in [6.45, 7) is 6.53. The SMILES string of the molecule is COc1cc(/C=C2\SC(=S)N(c3ccc(C)cc3C)C2=O)ccc1OCc1ccc(C)cc1. The number of aryl methyl sites for hydroxylation is 3. The summed E-state index contributed by atoms with van der Waals surface area (Å²) < 4.78 is 12.0. The number of rotatable bonds is 6. The van der Waals surface area contributed by atoms with Gasteiger partial charge in [-0.3, -0.25) is 9.69 Å². The van der Waals surface area contributed by atoms with Crippen LogP contribution in [0.25, 0.3) is 6.08 Å².